The van der Waals surface area contributed by atoms with Crippen LogP contribution in [-0.2, 0) is 0 Å². The highest BCUT2D eigenvalue weighted by Crippen LogP contribution is 2.22. The van der Waals surface area contributed by atoms with Gasteiger partial charge in [0.25, 0.3) is 5.91 Å². The van der Waals surface area contributed by atoms with Gasteiger partial charge in [-0.05, 0) is 18.9 Å². The second-order valence-corrected chi connectivity index (χ2v) is 5.54. The van der Waals surface area contributed by atoms with Crippen molar-refractivity contribution in [3.63, 3.8) is 0 Å². The maximum Gasteiger partial charge on any atom is 0.289 e. The smallest absolute Gasteiger partial charge is 0.289 e. The van der Waals surface area contributed by atoms with Crippen molar-refractivity contribution in [2.75, 3.05) is 13.1 Å². The van der Waals surface area contributed by atoms with Gasteiger partial charge in [0.2, 0.25) is 0 Å². The number of nitriles is 1. The van der Waals surface area contributed by atoms with Gasteiger partial charge in [-0.1, -0.05) is 0 Å². The lowest BCUT2D eigenvalue weighted by Crippen LogP contribution is -2.38. The van der Waals surface area contributed by atoms with Gasteiger partial charge in [-0.3, -0.25) is 4.79 Å². The van der Waals surface area contributed by atoms with E-state index >= 15 is 0 Å². The number of amides is 1. The zero-order valence-corrected chi connectivity index (χ0v) is 11.8. The Labute approximate surface area is 126 Å². The van der Waals surface area contributed by atoms with Crippen LogP contribution >= 0.6 is 0 Å². The van der Waals surface area contributed by atoms with Crippen molar-refractivity contribution >= 4 is 28.0 Å². The number of likely N-dealkylation sites (tertiary alicyclic amines) is 1. The Kier molecular flexibility index (Phi) is 2.82. The van der Waals surface area contributed by atoms with Crippen LogP contribution in [0.25, 0.3) is 22.1 Å². The van der Waals surface area contributed by atoms with E-state index in [9.17, 15) is 4.79 Å². The molecule has 22 heavy (non-hydrogen) atoms. The summed E-state index contributed by atoms with van der Waals surface area (Å²) in [5.74, 6) is 0.278. The predicted octanol–water partition coefficient (Wildman–Crippen LogP) is 1.81. The molecule has 0 spiro atoms. The first-order valence-electron chi connectivity index (χ1n) is 7.27. The van der Waals surface area contributed by atoms with Crippen molar-refractivity contribution in [2.45, 2.75) is 12.8 Å². The molecule has 0 radical (unpaired) electrons. The molecular formula is C15H14N6O. The predicted molar refractivity (Wildman–Crippen MR) is 80.0 cm³/mol. The third-order valence-corrected chi connectivity index (χ3v) is 4.20. The number of rotatable bonds is 1. The summed E-state index contributed by atoms with van der Waals surface area (Å²) in [5, 5.41) is 9.83. The number of hydrogen-bond acceptors (Lipinski definition) is 4. The van der Waals surface area contributed by atoms with Crippen LogP contribution in [0.5, 0.6) is 0 Å². The molecule has 1 aliphatic rings. The van der Waals surface area contributed by atoms with Gasteiger partial charge >= 0.3 is 0 Å². The third-order valence-electron chi connectivity index (χ3n) is 4.20. The molecule has 0 aliphatic carbocycles. The van der Waals surface area contributed by atoms with Crippen molar-refractivity contribution in [2.24, 2.45) is 5.92 Å². The average molecular weight is 294 g/mol. The normalized spacial score (nSPS) is 16.2. The van der Waals surface area contributed by atoms with Crippen LogP contribution in [0.15, 0.2) is 18.5 Å². The number of carbonyl (C=O) groups excluding carboxylic acids is 1. The van der Waals surface area contributed by atoms with E-state index in [2.05, 4.69) is 26.0 Å². The van der Waals surface area contributed by atoms with E-state index in [1.807, 2.05) is 6.07 Å². The molecule has 0 aromatic carbocycles. The molecule has 0 bridgehead atoms. The minimum atomic E-state index is -0.115. The number of carbonyl (C=O) groups is 1. The van der Waals surface area contributed by atoms with Crippen LogP contribution < -0.4 is 0 Å². The molecular weight excluding hydrogens is 280 g/mol. The molecule has 7 heteroatoms. The monoisotopic (exact) mass is 294 g/mol. The van der Waals surface area contributed by atoms with Crippen LogP contribution in [0.2, 0.25) is 0 Å². The molecule has 7 nitrogen and oxygen atoms in total. The summed E-state index contributed by atoms with van der Waals surface area (Å²) in [4.78, 5) is 29.2. The zero-order chi connectivity index (χ0) is 15.1. The van der Waals surface area contributed by atoms with E-state index in [1.54, 1.807) is 17.3 Å². The maximum atomic E-state index is 12.6. The fourth-order valence-corrected chi connectivity index (χ4v) is 2.94. The van der Waals surface area contributed by atoms with Crippen LogP contribution in [0.3, 0.4) is 0 Å². The number of hydrogen-bond donors (Lipinski definition) is 2. The number of pyridine rings is 1. The highest BCUT2D eigenvalue weighted by atomic mass is 16.2. The van der Waals surface area contributed by atoms with Gasteiger partial charge in [-0.15, -0.1) is 0 Å². The minimum Gasteiger partial charge on any atom is -0.346 e. The van der Waals surface area contributed by atoms with E-state index in [1.165, 1.54) is 0 Å². The first kappa shape index (κ1) is 12.8. The molecule has 110 valence electrons. The van der Waals surface area contributed by atoms with Gasteiger partial charge < -0.3 is 14.9 Å². The molecule has 3 aromatic heterocycles. The highest BCUT2D eigenvalue weighted by molar-refractivity contribution is 6.03. The van der Waals surface area contributed by atoms with E-state index in [0.717, 1.165) is 34.9 Å². The first-order valence-corrected chi connectivity index (χ1v) is 7.27. The number of piperidine rings is 1. The summed E-state index contributed by atoms with van der Waals surface area (Å²) in [6.07, 6.45) is 4.94. The van der Waals surface area contributed by atoms with Crippen LogP contribution in [0, 0.1) is 17.2 Å². The number of H-pyrrole nitrogens is 2. The van der Waals surface area contributed by atoms with Gasteiger partial charge in [0.15, 0.2) is 5.82 Å². The van der Waals surface area contributed by atoms with Crippen molar-refractivity contribution in [1.29, 1.82) is 5.26 Å². The fourth-order valence-electron chi connectivity index (χ4n) is 2.94. The van der Waals surface area contributed by atoms with Gasteiger partial charge in [0.05, 0.1) is 17.8 Å². The van der Waals surface area contributed by atoms with Gasteiger partial charge in [-0.25, -0.2) is 9.97 Å². The number of aromatic nitrogens is 4. The Hall–Kier alpha value is -2.88. The molecule has 0 atom stereocenters. The highest BCUT2D eigenvalue weighted by Gasteiger charge is 2.25. The van der Waals surface area contributed by atoms with Gasteiger partial charge in [-0.2, -0.15) is 5.26 Å². The van der Waals surface area contributed by atoms with Crippen LogP contribution in [0.1, 0.15) is 23.5 Å². The average Bonchev–Trinajstić information content (AvgIpc) is 3.19. The van der Waals surface area contributed by atoms with Crippen molar-refractivity contribution in [1.82, 2.24) is 24.8 Å². The Bertz CT molecular complexity index is 894. The summed E-state index contributed by atoms with van der Waals surface area (Å²) in [5.41, 5.74) is 2.26. The number of imidazole rings is 1. The third kappa shape index (κ3) is 1.92. The molecule has 0 saturated carbocycles. The molecule has 2 N–H and O–H groups in total. The van der Waals surface area contributed by atoms with E-state index in [4.69, 9.17) is 5.26 Å². The lowest BCUT2D eigenvalue weighted by atomic mass is 9.98. The first-order chi connectivity index (χ1) is 10.8. The lowest BCUT2D eigenvalue weighted by Gasteiger charge is -2.28. The van der Waals surface area contributed by atoms with Gasteiger partial charge in [0, 0.05) is 30.6 Å². The summed E-state index contributed by atoms with van der Waals surface area (Å²) >= 11 is 0. The molecule has 3 aromatic rings. The Morgan fingerprint density at radius 2 is 2.23 bits per heavy atom. The maximum absolute atomic E-state index is 12.6. The molecule has 1 amide bonds. The number of fused-ring (bicyclic) bond motifs is 3. The molecule has 4 rings (SSSR count). The molecule has 1 saturated heterocycles. The zero-order valence-electron chi connectivity index (χ0n) is 11.8. The topological polar surface area (TPSA) is 101 Å². The van der Waals surface area contributed by atoms with E-state index in [-0.39, 0.29) is 11.8 Å². The largest absolute Gasteiger partial charge is 0.346 e. The molecule has 0 unspecified atom stereocenters. The van der Waals surface area contributed by atoms with E-state index < -0.39 is 0 Å². The molecule has 1 fully saturated rings. The summed E-state index contributed by atoms with van der Waals surface area (Å²) in [7, 11) is 0. The SMILES string of the molecule is N#CC1CCN(C(=O)c2nc3c(cnc4[nH]ccc43)[nH]2)CC1. The van der Waals surface area contributed by atoms with Gasteiger partial charge in [0.1, 0.15) is 11.2 Å². The Balaban J connectivity index is 1.66. The van der Waals surface area contributed by atoms with Crippen molar-refractivity contribution < 1.29 is 4.79 Å². The molecule has 4 heterocycles. The Morgan fingerprint density at radius 3 is 3.00 bits per heavy atom. The second kappa shape index (κ2) is 4.84. The summed E-state index contributed by atoms with van der Waals surface area (Å²) < 4.78 is 0. The summed E-state index contributed by atoms with van der Waals surface area (Å²) in [6, 6.07) is 4.17. The quantitative estimate of drug-likeness (QED) is 0.714. The Morgan fingerprint density at radius 1 is 1.41 bits per heavy atom. The van der Waals surface area contributed by atoms with Crippen LogP contribution in [-0.4, -0.2) is 43.8 Å². The number of nitrogens with zero attached hydrogens (tertiary/aromatic N) is 4. The fraction of sp³-hybridized carbons (Fsp3) is 0.333. The molecule has 1 aliphatic heterocycles. The standard InChI is InChI=1S/C15H14N6O/c16-7-9-2-5-21(6-3-9)15(22)14-19-11-8-18-13-10(1-4-17-13)12(11)20-14/h1,4,8-9H,2-3,5-6H2,(H,17,18)(H,19,20). The van der Waals surface area contributed by atoms with E-state index in [0.29, 0.717) is 18.9 Å². The number of aromatic amines is 2. The van der Waals surface area contributed by atoms with Crippen molar-refractivity contribution in [3.8, 4) is 6.07 Å². The second-order valence-electron chi connectivity index (χ2n) is 5.54. The minimum absolute atomic E-state index is 0.0587. The van der Waals surface area contributed by atoms with Crippen LogP contribution in [0.4, 0.5) is 0 Å². The summed E-state index contributed by atoms with van der Waals surface area (Å²) in [6.45, 7) is 1.21. The number of nitrogens with one attached hydrogen (secondary N) is 2. The lowest BCUT2D eigenvalue weighted by molar-refractivity contribution is 0.0696. The van der Waals surface area contributed by atoms with Crippen molar-refractivity contribution in [3.05, 3.63) is 24.3 Å².